The second kappa shape index (κ2) is 7.20. The maximum absolute atomic E-state index is 10.7. The smallest absolute Gasteiger partial charge is 0.303 e. The topological polar surface area (TPSA) is 62.7 Å². The number of aryl methyl sites for hydroxylation is 1. The first kappa shape index (κ1) is 15.4. The van der Waals surface area contributed by atoms with Crippen molar-refractivity contribution in [2.45, 2.75) is 50.6 Å². The Morgan fingerprint density at radius 3 is 2.91 bits per heavy atom. The highest BCUT2D eigenvalue weighted by molar-refractivity contribution is 5.66. The van der Waals surface area contributed by atoms with E-state index in [1.54, 1.807) is 0 Å². The number of carboxylic acid groups (broad SMARTS) is 1. The number of ether oxygens (including phenoxy) is 1. The van der Waals surface area contributed by atoms with Crippen LogP contribution in [-0.2, 0) is 16.0 Å². The van der Waals surface area contributed by atoms with Crippen LogP contribution in [-0.4, -0.2) is 46.8 Å². The lowest BCUT2D eigenvalue weighted by molar-refractivity contribution is -0.136. The summed E-state index contributed by atoms with van der Waals surface area (Å²) in [5.74, 6) is -0.767. The third kappa shape index (κ3) is 3.65. The molecule has 120 valence electrons. The average molecular weight is 304 g/mol. The Kier molecular flexibility index (Phi) is 5.05. The van der Waals surface area contributed by atoms with Gasteiger partial charge in [-0.15, -0.1) is 0 Å². The van der Waals surface area contributed by atoms with E-state index in [1.807, 2.05) is 12.1 Å². The number of aliphatic carboxylic acids is 1. The third-order valence-electron chi connectivity index (χ3n) is 4.72. The first-order valence-electron chi connectivity index (χ1n) is 8.25. The molecule has 2 saturated heterocycles. The number of nitrogens with zero attached hydrogens (tertiary/aromatic N) is 2. The molecule has 1 aromatic heterocycles. The molecule has 22 heavy (non-hydrogen) atoms. The van der Waals surface area contributed by atoms with Crippen molar-refractivity contribution in [2.24, 2.45) is 0 Å². The minimum absolute atomic E-state index is 0.144. The number of hydrogen-bond donors (Lipinski definition) is 1. The van der Waals surface area contributed by atoms with Gasteiger partial charge in [-0.25, -0.2) is 0 Å². The Hall–Kier alpha value is -1.46. The summed E-state index contributed by atoms with van der Waals surface area (Å²) in [6.07, 6.45) is 5.22. The Balaban J connectivity index is 1.71. The van der Waals surface area contributed by atoms with Gasteiger partial charge in [-0.2, -0.15) is 0 Å². The van der Waals surface area contributed by atoms with Crippen molar-refractivity contribution in [3.63, 3.8) is 0 Å². The van der Waals surface area contributed by atoms with Crippen molar-refractivity contribution < 1.29 is 14.6 Å². The van der Waals surface area contributed by atoms with Gasteiger partial charge in [0, 0.05) is 31.4 Å². The van der Waals surface area contributed by atoms with Gasteiger partial charge >= 0.3 is 5.97 Å². The molecule has 2 aliphatic rings. The highest BCUT2D eigenvalue weighted by Gasteiger charge is 2.33. The lowest BCUT2D eigenvalue weighted by Gasteiger charge is -2.35. The Labute approximate surface area is 131 Å². The van der Waals surface area contributed by atoms with Crippen LogP contribution in [0, 0.1) is 0 Å². The van der Waals surface area contributed by atoms with Gasteiger partial charge in [0.1, 0.15) is 0 Å². The first-order chi connectivity index (χ1) is 10.7. The zero-order valence-electron chi connectivity index (χ0n) is 12.9. The molecule has 0 spiro atoms. The summed E-state index contributed by atoms with van der Waals surface area (Å²) < 4.78 is 5.48. The Morgan fingerprint density at radius 1 is 1.32 bits per heavy atom. The zero-order valence-corrected chi connectivity index (χ0v) is 12.9. The van der Waals surface area contributed by atoms with Crippen molar-refractivity contribution >= 4 is 5.97 Å². The predicted octanol–water partition coefficient (Wildman–Crippen LogP) is 2.41. The molecule has 0 bridgehead atoms. The van der Waals surface area contributed by atoms with Gasteiger partial charge in [-0.05, 0) is 44.4 Å². The van der Waals surface area contributed by atoms with Crippen LogP contribution >= 0.6 is 0 Å². The molecule has 0 aliphatic carbocycles. The van der Waals surface area contributed by atoms with Gasteiger partial charge in [0.15, 0.2) is 0 Å². The predicted molar refractivity (Wildman–Crippen MR) is 82.7 cm³/mol. The van der Waals surface area contributed by atoms with Crippen molar-refractivity contribution in [3.05, 3.63) is 29.6 Å². The van der Waals surface area contributed by atoms with Crippen LogP contribution in [0.2, 0.25) is 0 Å². The second-order valence-corrected chi connectivity index (χ2v) is 6.19. The third-order valence-corrected chi connectivity index (χ3v) is 4.72. The molecule has 1 atom stereocenters. The second-order valence-electron chi connectivity index (χ2n) is 6.19. The summed E-state index contributed by atoms with van der Waals surface area (Å²) in [5.41, 5.74) is 1.99. The largest absolute Gasteiger partial charge is 0.481 e. The SMILES string of the molecule is O=C(O)CCc1cccc([C@@H]2CCCN2C2CCOCC2)n1. The Bertz CT molecular complexity index is 514. The molecule has 5 nitrogen and oxygen atoms in total. The number of rotatable bonds is 5. The van der Waals surface area contributed by atoms with Crippen LogP contribution in [0.15, 0.2) is 18.2 Å². The molecule has 0 saturated carbocycles. The van der Waals surface area contributed by atoms with Crippen molar-refractivity contribution in [1.29, 1.82) is 0 Å². The lowest BCUT2D eigenvalue weighted by atomic mass is 10.0. The van der Waals surface area contributed by atoms with Crippen molar-refractivity contribution in [3.8, 4) is 0 Å². The number of hydrogen-bond acceptors (Lipinski definition) is 4. The normalized spacial score (nSPS) is 23.7. The monoisotopic (exact) mass is 304 g/mol. The van der Waals surface area contributed by atoms with Crippen LogP contribution in [0.5, 0.6) is 0 Å². The molecule has 0 aromatic carbocycles. The number of aromatic nitrogens is 1. The molecule has 2 fully saturated rings. The van der Waals surface area contributed by atoms with E-state index < -0.39 is 5.97 Å². The summed E-state index contributed by atoms with van der Waals surface area (Å²) in [5, 5.41) is 8.82. The van der Waals surface area contributed by atoms with Gasteiger partial charge in [-0.1, -0.05) is 6.07 Å². The minimum Gasteiger partial charge on any atom is -0.481 e. The maximum Gasteiger partial charge on any atom is 0.303 e. The first-order valence-corrected chi connectivity index (χ1v) is 8.25. The van der Waals surface area contributed by atoms with Crippen LogP contribution in [0.25, 0.3) is 0 Å². The fourth-order valence-corrected chi connectivity index (χ4v) is 3.62. The fraction of sp³-hybridized carbons (Fsp3) is 0.647. The van der Waals surface area contributed by atoms with Gasteiger partial charge in [0.2, 0.25) is 0 Å². The summed E-state index contributed by atoms with van der Waals surface area (Å²) >= 11 is 0. The van der Waals surface area contributed by atoms with Gasteiger partial charge in [-0.3, -0.25) is 14.7 Å². The molecular formula is C17H24N2O3. The number of likely N-dealkylation sites (tertiary alicyclic amines) is 1. The molecule has 3 rings (SSSR count). The summed E-state index contributed by atoms with van der Waals surface area (Å²) in [6.45, 7) is 2.86. The Morgan fingerprint density at radius 2 is 2.14 bits per heavy atom. The standard InChI is InChI=1S/C17H24N2O3/c20-17(21)7-6-13-3-1-4-15(18-13)16-5-2-10-19(16)14-8-11-22-12-9-14/h1,3-4,14,16H,2,5-12H2,(H,20,21)/t16-/m0/s1. The number of carbonyl (C=O) groups is 1. The van der Waals surface area contributed by atoms with E-state index in [-0.39, 0.29) is 6.42 Å². The zero-order chi connectivity index (χ0) is 15.4. The number of pyridine rings is 1. The van der Waals surface area contributed by atoms with E-state index in [0.717, 1.165) is 50.4 Å². The summed E-state index contributed by atoms with van der Waals surface area (Å²) in [6, 6.07) is 7.02. The highest BCUT2D eigenvalue weighted by atomic mass is 16.5. The lowest BCUT2D eigenvalue weighted by Crippen LogP contribution is -2.39. The average Bonchev–Trinajstić information content (AvgIpc) is 3.04. The van der Waals surface area contributed by atoms with E-state index in [4.69, 9.17) is 14.8 Å². The molecule has 2 aliphatic heterocycles. The van der Waals surface area contributed by atoms with E-state index in [9.17, 15) is 4.79 Å². The van der Waals surface area contributed by atoms with Crippen LogP contribution in [0.4, 0.5) is 0 Å². The van der Waals surface area contributed by atoms with E-state index in [2.05, 4.69) is 11.0 Å². The molecule has 0 radical (unpaired) electrons. The molecule has 5 heteroatoms. The van der Waals surface area contributed by atoms with Crippen molar-refractivity contribution in [2.75, 3.05) is 19.8 Å². The molecule has 0 amide bonds. The molecular weight excluding hydrogens is 280 g/mol. The summed E-state index contributed by atoms with van der Waals surface area (Å²) in [4.78, 5) is 18.0. The maximum atomic E-state index is 10.7. The number of carboxylic acids is 1. The van der Waals surface area contributed by atoms with Gasteiger partial charge in [0.05, 0.1) is 18.2 Å². The van der Waals surface area contributed by atoms with Crippen LogP contribution < -0.4 is 0 Å². The van der Waals surface area contributed by atoms with E-state index >= 15 is 0 Å². The highest BCUT2D eigenvalue weighted by Crippen LogP contribution is 2.35. The minimum atomic E-state index is -0.767. The van der Waals surface area contributed by atoms with Crippen molar-refractivity contribution in [1.82, 2.24) is 9.88 Å². The molecule has 0 unspecified atom stereocenters. The van der Waals surface area contributed by atoms with E-state index in [0.29, 0.717) is 18.5 Å². The van der Waals surface area contributed by atoms with Gasteiger partial charge in [0.25, 0.3) is 0 Å². The molecule has 1 N–H and O–H groups in total. The molecule has 1 aromatic rings. The quantitative estimate of drug-likeness (QED) is 0.905. The summed E-state index contributed by atoms with van der Waals surface area (Å²) in [7, 11) is 0. The van der Waals surface area contributed by atoms with E-state index in [1.165, 1.54) is 6.42 Å². The van der Waals surface area contributed by atoms with Crippen LogP contribution in [0.1, 0.15) is 49.5 Å². The van der Waals surface area contributed by atoms with Crippen LogP contribution in [0.3, 0.4) is 0 Å². The molecule has 3 heterocycles. The fourth-order valence-electron chi connectivity index (χ4n) is 3.62. The van der Waals surface area contributed by atoms with Gasteiger partial charge < -0.3 is 9.84 Å².